The molecule has 0 aromatic heterocycles. The third kappa shape index (κ3) is 1.77. The normalized spacial score (nSPS) is 18.2. The predicted octanol–water partition coefficient (Wildman–Crippen LogP) is 1.18. The van der Waals surface area contributed by atoms with Crippen molar-refractivity contribution < 1.29 is 4.79 Å². The van der Waals surface area contributed by atoms with Gasteiger partial charge in [-0.2, -0.15) is 5.26 Å². The largest absolute Gasteiger partial charge is 0.385 e. The summed E-state index contributed by atoms with van der Waals surface area (Å²) in [5.74, 6) is -0.423. The summed E-state index contributed by atoms with van der Waals surface area (Å²) >= 11 is 0. The minimum Gasteiger partial charge on any atom is -0.385 e. The molecule has 1 aliphatic heterocycles. The van der Waals surface area contributed by atoms with Crippen molar-refractivity contribution >= 4 is 11.6 Å². The van der Waals surface area contributed by atoms with Gasteiger partial charge in [0.05, 0.1) is 5.92 Å². The lowest BCUT2D eigenvalue weighted by Gasteiger charge is -2.24. The fraction of sp³-hybridized carbons (Fsp3) is 0.273. The van der Waals surface area contributed by atoms with Gasteiger partial charge in [-0.25, -0.2) is 0 Å². The van der Waals surface area contributed by atoms with E-state index in [0.29, 0.717) is 0 Å². The van der Waals surface area contributed by atoms with Crippen LogP contribution in [0.5, 0.6) is 0 Å². The molecule has 76 valence electrons. The zero-order valence-corrected chi connectivity index (χ0v) is 8.16. The SMILES string of the molecule is N#CNC(=O)C1CCNc2ccccc21. The third-order valence-electron chi connectivity index (χ3n) is 2.58. The molecular formula is C11H11N3O. The van der Waals surface area contributed by atoms with Gasteiger partial charge in [0.1, 0.15) is 0 Å². The molecule has 0 saturated carbocycles. The molecule has 0 radical (unpaired) electrons. The van der Waals surface area contributed by atoms with Crippen molar-refractivity contribution in [3.05, 3.63) is 29.8 Å². The number of para-hydroxylation sites is 1. The van der Waals surface area contributed by atoms with Crippen LogP contribution in [0, 0.1) is 11.5 Å². The first kappa shape index (κ1) is 9.53. The molecule has 0 aliphatic carbocycles. The van der Waals surface area contributed by atoms with Crippen LogP contribution in [0.4, 0.5) is 5.69 Å². The summed E-state index contributed by atoms with van der Waals surface area (Å²) in [6, 6.07) is 7.69. The van der Waals surface area contributed by atoms with E-state index in [1.54, 1.807) is 6.19 Å². The van der Waals surface area contributed by atoms with Crippen molar-refractivity contribution in [2.45, 2.75) is 12.3 Å². The second-order valence-electron chi connectivity index (χ2n) is 3.46. The van der Waals surface area contributed by atoms with Gasteiger partial charge in [-0.3, -0.25) is 10.1 Å². The Labute approximate surface area is 87.9 Å². The second-order valence-corrected chi connectivity index (χ2v) is 3.46. The molecule has 1 aliphatic rings. The number of hydrogen-bond acceptors (Lipinski definition) is 3. The lowest BCUT2D eigenvalue weighted by Crippen LogP contribution is -2.30. The molecule has 1 aromatic rings. The first-order chi connectivity index (χ1) is 7.33. The Morgan fingerprint density at radius 2 is 2.33 bits per heavy atom. The van der Waals surface area contributed by atoms with E-state index >= 15 is 0 Å². The number of anilines is 1. The first-order valence-corrected chi connectivity index (χ1v) is 4.84. The summed E-state index contributed by atoms with van der Waals surface area (Å²) < 4.78 is 0. The number of hydrogen-bond donors (Lipinski definition) is 2. The molecule has 0 saturated heterocycles. The fourth-order valence-corrected chi connectivity index (χ4v) is 1.88. The number of amides is 1. The maximum atomic E-state index is 11.6. The Morgan fingerprint density at radius 1 is 1.53 bits per heavy atom. The van der Waals surface area contributed by atoms with Crippen LogP contribution in [-0.4, -0.2) is 12.5 Å². The number of benzene rings is 1. The number of carbonyl (C=O) groups is 1. The van der Waals surface area contributed by atoms with E-state index in [1.807, 2.05) is 24.3 Å². The quantitative estimate of drug-likeness (QED) is 0.529. The van der Waals surface area contributed by atoms with Crippen molar-refractivity contribution in [2.24, 2.45) is 0 Å². The highest BCUT2D eigenvalue weighted by atomic mass is 16.1. The number of rotatable bonds is 1. The van der Waals surface area contributed by atoms with Crippen LogP contribution in [0.2, 0.25) is 0 Å². The molecule has 1 aromatic carbocycles. The molecule has 0 fully saturated rings. The molecule has 1 unspecified atom stereocenters. The Morgan fingerprint density at radius 3 is 3.13 bits per heavy atom. The number of fused-ring (bicyclic) bond motifs is 1. The monoisotopic (exact) mass is 201 g/mol. The number of nitrogens with one attached hydrogen (secondary N) is 2. The highest BCUT2D eigenvalue weighted by Crippen LogP contribution is 2.31. The van der Waals surface area contributed by atoms with Crippen molar-refractivity contribution in [3.8, 4) is 6.19 Å². The number of nitriles is 1. The minimum absolute atomic E-state index is 0.206. The molecular weight excluding hydrogens is 190 g/mol. The topological polar surface area (TPSA) is 64.9 Å². The van der Waals surface area contributed by atoms with Gasteiger partial charge in [0.2, 0.25) is 5.91 Å². The van der Waals surface area contributed by atoms with Crippen LogP contribution in [0.15, 0.2) is 24.3 Å². The Kier molecular flexibility index (Phi) is 2.55. The van der Waals surface area contributed by atoms with Crippen LogP contribution in [-0.2, 0) is 4.79 Å². The Bertz CT molecular complexity index is 422. The van der Waals surface area contributed by atoms with Crippen molar-refractivity contribution in [1.82, 2.24) is 5.32 Å². The molecule has 0 spiro atoms. The van der Waals surface area contributed by atoms with Gasteiger partial charge in [-0.1, -0.05) is 18.2 Å². The van der Waals surface area contributed by atoms with E-state index in [9.17, 15) is 4.79 Å². The zero-order valence-electron chi connectivity index (χ0n) is 8.16. The van der Waals surface area contributed by atoms with Gasteiger partial charge in [0, 0.05) is 12.2 Å². The lowest BCUT2D eigenvalue weighted by atomic mass is 9.90. The van der Waals surface area contributed by atoms with Crippen LogP contribution in [0.3, 0.4) is 0 Å². The molecule has 1 heterocycles. The lowest BCUT2D eigenvalue weighted by molar-refractivity contribution is -0.121. The van der Waals surface area contributed by atoms with Crippen LogP contribution >= 0.6 is 0 Å². The van der Waals surface area contributed by atoms with Crippen LogP contribution in [0.1, 0.15) is 17.9 Å². The van der Waals surface area contributed by atoms with Gasteiger partial charge in [0.25, 0.3) is 0 Å². The standard InChI is InChI=1S/C11H11N3O/c12-7-14-11(15)9-5-6-13-10-4-2-1-3-8(9)10/h1-4,9,13H,5-6H2,(H,14,15). The predicted molar refractivity (Wildman–Crippen MR) is 56.0 cm³/mol. The van der Waals surface area contributed by atoms with Crippen molar-refractivity contribution in [2.75, 3.05) is 11.9 Å². The average molecular weight is 201 g/mol. The summed E-state index contributed by atoms with van der Waals surface area (Å²) in [4.78, 5) is 11.6. The molecule has 1 atom stereocenters. The third-order valence-corrected chi connectivity index (χ3v) is 2.58. The minimum atomic E-state index is -0.216. The summed E-state index contributed by atoms with van der Waals surface area (Å²) in [5.41, 5.74) is 1.96. The highest BCUT2D eigenvalue weighted by molar-refractivity contribution is 5.87. The van der Waals surface area contributed by atoms with E-state index in [-0.39, 0.29) is 11.8 Å². The van der Waals surface area contributed by atoms with E-state index in [2.05, 4.69) is 10.6 Å². The van der Waals surface area contributed by atoms with Gasteiger partial charge >= 0.3 is 0 Å². The highest BCUT2D eigenvalue weighted by Gasteiger charge is 2.25. The van der Waals surface area contributed by atoms with Gasteiger partial charge in [0.15, 0.2) is 6.19 Å². The molecule has 4 heteroatoms. The van der Waals surface area contributed by atoms with Crippen LogP contribution < -0.4 is 10.6 Å². The summed E-state index contributed by atoms with van der Waals surface area (Å²) in [5, 5.41) is 13.8. The van der Waals surface area contributed by atoms with E-state index < -0.39 is 0 Å². The molecule has 2 rings (SSSR count). The van der Waals surface area contributed by atoms with E-state index in [4.69, 9.17) is 5.26 Å². The van der Waals surface area contributed by atoms with Gasteiger partial charge < -0.3 is 5.32 Å². The molecule has 1 amide bonds. The van der Waals surface area contributed by atoms with Crippen molar-refractivity contribution in [1.29, 1.82) is 5.26 Å². The maximum absolute atomic E-state index is 11.6. The van der Waals surface area contributed by atoms with Crippen LogP contribution in [0.25, 0.3) is 0 Å². The number of carbonyl (C=O) groups excluding carboxylic acids is 1. The first-order valence-electron chi connectivity index (χ1n) is 4.84. The maximum Gasteiger partial charge on any atom is 0.240 e. The van der Waals surface area contributed by atoms with Gasteiger partial charge in [-0.15, -0.1) is 0 Å². The summed E-state index contributed by atoms with van der Waals surface area (Å²) in [7, 11) is 0. The average Bonchev–Trinajstić information content (AvgIpc) is 2.28. The molecule has 2 N–H and O–H groups in total. The Balaban J connectivity index is 2.30. The smallest absolute Gasteiger partial charge is 0.240 e. The van der Waals surface area contributed by atoms with E-state index in [1.165, 1.54) is 0 Å². The van der Waals surface area contributed by atoms with Crippen molar-refractivity contribution in [3.63, 3.8) is 0 Å². The fourth-order valence-electron chi connectivity index (χ4n) is 1.88. The Hall–Kier alpha value is -2.02. The second kappa shape index (κ2) is 4.01. The van der Waals surface area contributed by atoms with Gasteiger partial charge in [-0.05, 0) is 18.1 Å². The van der Waals surface area contributed by atoms with E-state index in [0.717, 1.165) is 24.2 Å². The zero-order chi connectivity index (χ0) is 10.7. The number of nitrogens with zero attached hydrogens (tertiary/aromatic N) is 1. The summed E-state index contributed by atoms with van der Waals surface area (Å²) in [6.45, 7) is 0.764. The molecule has 4 nitrogen and oxygen atoms in total. The molecule has 0 bridgehead atoms. The summed E-state index contributed by atoms with van der Waals surface area (Å²) in [6.07, 6.45) is 2.40. The molecule has 15 heavy (non-hydrogen) atoms.